The van der Waals surface area contributed by atoms with Gasteiger partial charge in [0.25, 0.3) is 0 Å². The summed E-state index contributed by atoms with van der Waals surface area (Å²) in [5, 5.41) is 9.75. The molecule has 0 aromatic heterocycles. The van der Waals surface area contributed by atoms with Crippen LogP contribution in [0.5, 0.6) is 0 Å². The maximum Gasteiger partial charge on any atom is 0.305 e. The van der Waals surface area contributed by atoms with Gasteiger partial charge in [-0.1, -0.05) is 45.4 Å². The van der Waals surface area contributed by atoms with E-state index in [1.165, 1.54) is 32.1 Å². The highest BCUT2D eigenvalue weighted by molar-refractivity contribution is 5.69. The molecular formula is C19H36O4. The third-order valence-corrected chi connectivity index (χ3v) is 3.54. The summed E-state index contributed by atoms with van der Waals surface area (Å²) in [5.74, 6) is -0.196. The monoisotopic (exact) mass is 328 g/mol. The number of allylic oxidation sites excluding steroid dienone is 1. The first-order chi connectivity index (χ1) is 11.1. The highest BCUT2D eigenvalue weighted by Gasteiger charge is 2.08. The summed E-state index contributed by atoms with van der Waals surface area (Å²) in [5.41, 5.74) is 1.12. The van der Waals surface area contributed by atoms with E-state index in [1.54, 1.807) is 6.26 Å². The van der Waals surface area contributed by atoms with E-state index in [0.29, 0.717) is 19.4 Å². The fourth-order valence-corrected chi connectivity index (χ4v) is 2.20. The summed E-state index contributed by atoms with van der Waals surface area (Å²) in [4.78, 5) is 11.6. The summed E-state index contributed by atoms with van der Waals surface area (Å²) < 4.78 is 10.4. The first kappa shape index (κ1) is 22.0. The predicted molar refractivity (Wildman–Crippen MR) is 94.2 cm³/mol. The van der Waals surface area contributed by atoms with Crippen molar-refractivity contribution in [2.75, 3.05) is 13.2 Å². The van der Waals surface area contributed by atoms with E-state index < -0.39 is 6.10 Å². The van der Waals surface area contributed by atoms with E-state index in [0.717, 1.165) is 24.8 Å². The van der Waals surface area contributed by atoms with Crippen molar-refractivity contribution in [3.05, 3.63) is 11.8 Å². The molecule has 4 nitrogen and oxygen atoms in total. The van der Waals surface area contributed by atoms with Crippen LogP contribution < -0.4 is 0 Å². The van der Waals surface area contributed by atoms with Gasteiger partial charge in [-0.3, -0.25) is 4.79 Å². The molecule has 0 saturated heterocycles. The Bertz CT molecular complexity index is 308. The van der Waals surface area contributed by atoms with E-state index in [9.17, 15) is 9.90 Å². The molecule has 0 fully saturated rings. The van der Waals surface area contributed by atoms with Gasteiger partial charge < -0.3 is 14.6 Å². The SMILES string of the molecule is CCCCCCCCCC(=O)OCC(O)CCCOC=C(C)C. The molecule has 0 spiro atoms. The van der Waals surface area contributed by atoms with Gasteiger partial charge in [-0.15, -0.1) is 0 Å². The van der Waals surface area contributed by atoms with Crippen LogP contribution >= 0.6 is 0 Å². The smallest absolute Gasteiger partial charge is 0.305 e. The predicted octanol–water partition coefficient (Wildman–Crippen LogP) is 4.75. The van der Waals surface area contributed by atoms with Crippen LogP contribution in [0, 0.1) is 0 Å². The van der Waals surface area contributed by atoms with Gasteiger partial charge in [0.05, 0.1) is 19.0 Å². The van der Waals surface area contributed by atoms with Crippen LogP contribution in [0.4, 0.5) is 0 Å². The van der Waals surface area contributed by atoms with Crippen LogP contribution in [0.3, 0.4) is 0 Å². The first-order valence-electron chi connectivity index (χ1n) is 9.15. The van der Waals surface area contributed by atoms with Crippen molar-refractivity contribution in [1.29, 1.82) is 0 Å². The molecule has 1 N–H and O–H groups in total. The molecule has 0 amide bonds. The Hall–Kier alpha value is -1.03. The Labute approximate surface area is 142 Å². The van der Waals surface area contributed by atoms with Crippen molar-refractivity contribution >= 4 is 5.97 Å². The molecule has 4 heteroatoms. The van der Waals surface area contributed by atoms with Crippen molar-refractivity contribution in [1.82, 2.24) is 0 Å². The normalized spacial score (nSPS) is 11.8. The second-order valence-corrected chi connectivity index (χ2v) is 6.42. The quantitative estimate of drug-likeness (QED) is 0.268. The van der Waals surface area contributed by atoms with Crippen molar-refractivity contribution in [3.63, 3.8) is 0 Å². The van der Waals surface area contributed by atoms with Gasteiger partial charge in [-0.05, 0) is 38.7 Å². The molecule has 0 bridgehead atoms. The van der Waals surface area contributed by atoms with Crippen LogP contribution in [-0.2, 0) is 14.3 Å². The molecule has 1 unspecified atom stereocenters. The fourth-order valence-electron chi connectivity index (χ4n) is 2.20. The number of hydrogen-bond acceptors (Lipinski definition) is 4. The lowest BCUT2D eigenvalue weighted by molar-refractivity contribution is -0.146. The zero-order valence-corrected chi connectivity index (χ0v) is 15.3. The number of carbonyl (C=O) groups excluding carboxylic acids is 1. The minimum atomic E-state index is -0.594. The zero-order valence-electron chi connectivity index (χ0n) is 15.3. The highest BCUT2D eigenvalue weighted by atomic mass is 16.5. The number of aliphatic hydroxyl groups excluding tert-OH is 1. The molecule has 0 aliphatic heterocycles. The Kier molecular flexibility index (Phi) is 15.1. The fraction of sp³-hybridized carbons (Fsp3) is 0.842. The standard InChI is InChI=1S/C19H36O4/c1-4-5-6-7-8-9-10-13-19(21)23-16-18(20)12-11-14-22-15-17(2)3/h15,18,20H,4-14,16H2,1-3H3. The van der Waals surface area contributed by atoms with Gasteiger partial charge >= 0.3 is 5.97 Å². The Balaban J connectivity index is 3.41. The van der Waals surface area contributed by atoms with Crippen molar-refractivity contribution in [3.8, 4) is 0 Å². The topological polar surface area (TPSA) is 55.8 Å². The first-order valence-corrected chi connectivity index (χ1v) is 9.15. The van der Waals surface area contributed by atoms with Crippen LogP contribution in [0.1, 0.15) is 85.0 Å². The molecule has 0 saturated carbocycles. The summed E-state index contributed by atoms with van der Waals surface area (Å²) in [6.45, 7) is 6.83. The molecular weight excluding hydrogens is 292 g/mol. The lowest BCUT2D eigenvalue weighted by atomic mass is 10.1. The lowest BCUT2D eigenvalue weighted by Gasteiger charge is -2.11. The number of carbonyl (C=O) groups is 1. The largest absolute Gasteiger partial charge is 0.501 e. The summed E-state index contributed by atoms with van der Waals surface area (Å²) in [6, 6.07) is 0. The summed E-state index contributed by atoms with van der Waals surface area (Å²) >= 11 is 0. The van der Waals surface area contributed by atoms with Crippen molar-refractivity contribution < 1.29 is 19.4 Å². The van der Waals surface area contributed by atoms with Gasteiger partial charge in [0.2, 0.25) is 0 Å². The zero-order chi connectivity index (χ0) is 17.3. The molecule has 136 valence electrons. The minimum absolute atomic E-state index is 0.0952. The second kappa shape index (κ2) is 15.9. The van der Waals surface area contributed by atoms with E-state index in [4.69, 9.17) is 9.47 Å². The van der Waals surface area contributed by atoms with Gasteiger partial charge in [-0.25, -0.2) is 0 Å². The van der Waals surface area contributed by atoms with Gasteiger partial charge in [0.1, 0.15) is 6.61 Å². The van der Waals surface area contributed by atoms with E-state index in [1.807, 2.05) is 13.8 Å². The molecule has 0 aliphatic carbocycles. The molecule has 1 atom stereocenters. The van der Waals surface area contributed by atoms with Gasteiger partial charge in [-0.2, -0.15) is 0 Å². The minimum Gasteiger partial charge on any atom is -0.501 e. The Morgan fingerprint density at radius 2 is 1.70 bits per heavy atom. The number of ether oxygens (including phenoxy) is 2. The number of hydrogen-bond donors (Lipinski definition) is 1. The van der Waals surface area contributed by atoms with Crippen LogP contribution in [0.2, 0.25) is 0 Å². The molecule has 0 aromatic rings. The average Bonchev–Trinajstić information content (AvgIpc) is 2.51. The second-order valence-electron chi connectivity index (χ2n) is 6.42. The lowest BCUT2D eigenvalue weighted by Crippen LogP contribution is -2.19. The Morgan fingerprint density at radius 1 is 1.04 bits per heavy atom. The maximum absolute atomic E-state index is 11.6. The summed E-state index contributed by atoms with van der Waals surface area (Å²) in [7, 11) is 0. The van der Waals surface area contributed by atoms with Crippen molar-refractivity contribution in [2.24, 2.45) is 0 Å². The number of aliphatic hydroxyl groups is 1. The van der Waals surface area contributed by atoms with Crippen LogP contribution in [0.25, 0.3) is 0 Å². The number of unbranched alkanes of at least 4 members (excludes halogenated alkanes) is 6. The average molecular weight is 328 g/mol. The van der Waals surface area contributed by atoms with Gasteiger partial charge in [0, 0.05) is 6.42 Å². The molecule has 0 rings (SSSR count). The van der Waals surface area contributed by atoms with E-state index in [-0.39, 0.29) is 12.6 Å². The Morgan fingerprint density at radius 3 is 2.35 bits per heavy atom. The maximum atomic E-state index is 11.6. The van der Waals surface area contributed by atoms with E-state index in [2.05, 4.69) is 6.92 Å². The van der Waals surface area contributed by atoms with E-state index >= 15 is 0 Å². The van der Waals surface area contributed by atoms with Crippen LogP contribution in [0.15, 0.2) is 11.8 Å². The molecule has 0 aromatic carbocycles. The van der Waals surface area contributed by atoms with Crippen molar-refractivity contribution in [2.45, 2.75) is 91.1 Å². The summed E-state index contributed by atoms with van der Waals surface area (Å²) in [6.07, 6.45) is 11.2. The number of esters is 1. The molecule has 23 heavy (non-hydrogen) atoms. The number of rotatable bonds is 15. The van der Waals surface area contributed by atoms with Gasteiger partial charge in [0.15, 0.2) is 0 Å². The third-order valence-electron chi connectivity index (χ3n) is 3.54. The molecule has 0 radical (unpaired) electrons. The third kappa shape index (κ3) is 17.2. The molecule has 0 aliphatic rings. The van der Waals surface area contributed by atoms with Crippen LogP contribution in [-0.4, -0.2) is 30.4 Å². The molecule has 0 heterocycles. The highest BCUT2D eigenvalue weighted by Crippen LogP contribution is 2.09.